The number of amides is 2. The second-order valence-electron chi connectivity index (χ2n) is 7.48. The van der Waals surface area contributed by atoms with E-state index in [4.69, 9.17) is 10.2 Å². The molecule has 25 heavy (non-hydrogen) atoms. The first-order valence-electron chi connectivity index (χ1n) is 8.04. The summed E-state index contributed by atoms with van der Waals surface area (Å²) in [6, 6.07) is 4.43. The van der Waals surface area contributed by atoms with Gasteiger partial charge in [-0.25, -0.2) is 0 Å². The van der Waals surface area contributed by atoms with Gasteiger partial charge in [0.2, 0.25) is 5.91 Å². The number of benzene rings is 1. The highest BCUT2D eigenvalue weighted by Gasteiger charge is 2.37. The number of nitrogens with one attached hydrogen (secondary N) is 1. The van der Waals surface area contributed by atoms with Crippen LogP contribution < -0.4 is 11.1 Å². The minimum Gasteiger partial charge on any atom is -0.417 e. The van der Waals surface area contributed by atoms with Gasteiger partial charge in [0.1, 0.15) is 6.04 Å². The molecule has 0 aliphatic rings. The molecule has 0 unspecified atom stereocenters. The summed E-state index contributed by atoms with van der Waals surface area (Å²) in [6.45, 7) is 11.1. The number of hydrogen-bond donors (Lipinski definition) is 2. The van der Waals surface area contributed by atoms with Crippen molar-refractivity contribution in [3.8, 4) is 0 Å². The Labute approximate surface area is 167 Å². The lowest BCUT2D eigenvalue weighted by Gasteiger charge is -2.36. The maximum absolute atomic E-state index is 12.4. The summed E-state index contributed by atoms with van der Waals surface area (Å²) in [5.74, 6) is -0.917. The molecule has 0 aliphatic carbocycles. The number of nitrogens with two attached hydrogens (primary N) is 1. The lowest BCUT2D eigenvalue weighted by Crippen LogP contribution is -2.47. The normalized spacial score (nSPS) is 13.4. The van der Waals surface area contributed by atoms with E-state index in [1.807, 2.05) is 6.07 Å². The Kier molecular flexibility index (Phi) is 7.86. The first-order chi connectivity index (χ1) is 11.3. The molecule has 0 saturated carbocycles. The van der Waals surface area contributed by atoms with Gasteiger partial charge in [-0.2, -0.15) is 0 Å². The van der Waals surface area contributed by atoms with Crippen LogP contribution in [0.3, 0.4) is 0 Å². The summed E-state index contributed by atoms with van der Waals surface area (Å²) in [5.41, 5.74) is 5.88. The summed E-state index contributed by atoms with van der Waals surface area (Å²) in [6.07, 6.45) is 0.350. The second kappa shape index (κ2) is 8.79. The predicted molar refractivity (Wildman–Crippen MR) is 110 cm³/mol. The summed E-state index contributed by atoms with van der Waals surface area (Å²) in [5, 5.41) is 2.78. The lowest BCUT2D eigenvalue weighted by atomic mass is 10.1. The van der Waals surface area contributed by atoms with Crippen molar-refractivity contribution in [1.29, 1.82) is 0 Å². The third kappa shape index (κ3) is 6.84. The van der Waals surface area contributed by atoms with Gasteiger partial charge in [0.05, 0.1) is 0 Å². The van der Waals surface area contributed by atoms with E-state index in [9.17, 15) is 9.59 Å². The fraction of sp³-hybridized carbons (Fsp3) is 0.529. The van der Waals surface area contributed by atoms with Crippen LogP contribution in [0.5, 0.6) is 0 Å². The van der Waals surface area contributed by atoms with Crippen LogP contribution in [0.4, 0.5) is 0 Å². The third-order valence-electron chi connectivity index (χ3n) is 4.45. The third-order valence-corrected chi connectivity index (χ3v) is 9.90. The molecular formula is C17H26Br2N2O3Si. The Balaban J connectivity index is 2.72. The van der Waals surface area contributed by atoms with Crippen LogP contribution in [0.1, 0.15) is 37.6 Å². The van der Waals surface area contributed by atoms with Crippen LogP contribution in [-0.4, -0.2) is 32.8 Å². The Morgan fingerprint density at radius 3 is 2.16 bits per heavy atom. The summed E-state index contributed by atoms with van der Waals surface area (Å²) in [4.78, 5) is 24.1. The van der Waals surface area contributed by atoms with Crippen LogP contribution in [-0.2, 0) is 9.22 Å². The minimum atomic E-state index is -1.90. The zero-order chi connectivity index (χ0) is 19.4. The van der Waals surface area contributed by atoms with E-state index in [2.05, 4.69) is 71.0 Å². The number of rotatable bonds is 7. The average Bonchev–Trinajstić information content (AvgIpc) is 2.43. The number of primary amides is 1. The molecule has 1 rings (SSSR count). The van der Waals surface area contributed by atoms with Gasteiger partial charge in [0, 0.05) is 21.1 Å². The Bertz CT molecular complexity index is 625. The molecule has 1 atom stereocenters. The van der Waals surface area contributed by atoms with E-state index < -0.39 is 20.3 Å². The van der Waals surface area contributed by atoms with Gasteiger partial charge in [-0.1, -0.05) is 52.6 Å². The average molecular weight is 494 g/mol. The Morgan fingerprint density at radius 1 is 1.20 bits per heavy atom. The van der Waals surface area contributed by atoms with E-state index in [1.165, 1.54) is 0 Å². The Hall–Kier alpha value is -0.703. The largest absolute Gasteiger partial charge is 0.417 e. The van der Waals surface area contributed by atoms with Crippen molar-refractivity contribution in [2.24, 2.45) is 5.73 Å². The highest BCUT2D eigenvalue weighted by molar-refractivity contribution is 9.11. The molecule has 0 fully saturated rings. The van der Waals surface area contributed by atoms with Gasteiger partial charge in [0.25, 0.3) is 5.91 Å². The van der Waals surface area contributed by atoms with Crippen molar-refractivity contribution >= 4 is 52.0 Å². The molecule has 0 heterocycles. The van der Waals surface area contributed by atoms with Crippen LogP contribution in [0.2, 0.25) is 18.1 Å². The minimum absolute atomic E-state index is 0.0844. The summed E-state index contributed by atoms with van der Waals surface area (Å²) in [7, 11) is -1.90. The lowest BCUT2D eigenvalue weighted by molar-refractivity contribution is -0.120. The van der Waals surface area contributed by atoms with Crippen LogP contribution >= 0.6 is 31.9 Å². The van der Waals surface area contributed by atoms with E-state index in [1.54, 1.807) is 12.1 Å². The Morgan fingerprint density at radius 2 is 1.72 bits per heavy atom. The zero-order valence-corrected chi connectivity index (χ0v) is 19.5. The number of carbonyl (C=O) groups excluding carboxylic acids is 2. The molecule has 2 amide bonds. The quantitative estimate of drug-likeness (QED) is 0.558. The van der Waals surface area contributed by atoms with Crippen LogP contribution in [0.15, 0.2) is 27.1 Å². The van der Waals surface area contributed by atoms with Gasteiger partial charge < -0.3 is 15.5 Å². The fourth-order valence-electron chi connectivity index (χ4n) is 1.86. The molecule has 5 nitrogen and oxygen atoms in total. The zero-order valence-electron chi connectivity index (χ0n) is 15.3. The molecule has 140 valence electrons. The molecule has 0 saturated heterocycles. The summed E-state index contributed by atoms with van der Waals surface area (Å²) >= 11 is 6.68. The monoisotopic (exact) mass is 492 g/mol. The van der Waals surface area contributed by atoms with E-state index in [-0.39, 0.29) is 10.9 Å². The molecule has 0 spiro atoms. The number of hydrogen-bond acceptors (Lipinski definition) is 3. The highest BCUT2D eigenvalue weighted by Crippen LogP contribution is 2.36. The summed E-state index contributed by atoms with van der Waals surface area (Å²) < 4.78 is 7.60. The molecule has 1 aromatic rings. The van der Waals surface area contributed by atoms with Crippen molar-refractivity contribution in [3.05, 3.63) is 32.7 Å². The second-order valence-corrected chi connectivity index (χ2v) is 14.1. The molecule has 0 radical (unpaired) electrons. The number of carbonyl (C=O) groups is 2. The van der Waals surface area contributed by atoms with Crippen molar-refractivity contribution in [2.45, 2.75) is 51.4 Å². The smallest absolute Gasteiger partial charge is 0.252 e. The molecule has 1 aromatic carbocycles. The van der Waals surface area contributed by atoms with E-state index in [0.29, 0.717) is 18.6 Å². The first kappa shape index (κ1) is 22.3. The maximum Gasteiger partial charge on any atom is 0.252 e. The van der Waals surface area contributed by atoms with Gasteiger partial charge in [0.15, 0.2) is 8.32 Å². The topological polar surface area (TPSA) is 81.4 Å². The van der Waals surface area contributed by atoms with Crippen LogP contribution in [0, 0.1) is 0 Å². The molecule has 0 bridgehead atoms. The van der Waals surface area contributed by atoms with Crippen LogP contribution in [0.25, 0.3) is 0 Å². The predicted octanol–water partition coefficient (Wildman–Crippen LogP) is 4.21. The number of halogens is 2. The van der Waals surface area contributed by atoms with Crippen molar-refractivity contribution in [3.63, 3.8) is 0 Å². The highest BCUT2D eigenvalue weighted by atomic mass is 79.9. The van der Waals surface area contributed by atoms with Crippen molar-refractivity contribution in [2.75, 3.05) is 6.61 Å². The van der Waals surface area contributed by atoms with E-state index >= 15 is 0 Å². The van der Waals surface area contributed by atoms with Gasteiger partial charge in [-0.05, 0) is 42.8 Å². The first-order valence-corrected chi connectivity index (χ1v) is 12.5. The standard InChI is InChI=1S/C17H26Br2N2O3Si/c1-17(2,3)25(4,5)24-7-6-14(15(20)22)21-16(23)11-8-12(18)10-13(19)9-11/h8-10,14H,6-7H2,1-5H3,(H2,20,22)(H,21,23)/t14-/m1/s1. The molecule has 0 aliphatic heterocycles. The molecular weight excluding hydrogens is 468 g/mol. The van der Waals surface area contributed by atoms with E-state index in [0.717, 1.165) is 8.95 Å². The van der Waals surface area contributed by atoms with Crippen molar-refractivity contribution < 1.29 is 14.0 Å². The van der Waals surface area contributed by atoms with Gasteiger partial charge in [-0.15, -0.1) is 0 Å². The molecule has 3 N–H and O–H groups in total. The van der Waals surface area contributed by atoms with Gasteiger partial charge >= 0.3 is 0 Å². The van der Waals surface area contributed by atoms with Gasteiger partial charge in [-0.3, -0.25) is 9.59 Å². The molecule has 8 heteroatoms. The van der Waals surface area contributed by atoms with Crippen molar-refractivity contribution in [1.82, 2.24) is 5.32 Å². The fourth-order valence-corrected chi connectivity index (χ4v) is 4.22. The SMILES string of the molecule is CC(C)(C)[Si](C)(C)OCC[C@@H](NC(=O)c1cc(Br)cc(Br)c1)C(N)=O. The molecule has 0 aromatic heterocycles. The maximum atomic E-state index is 12.4.